The minimum absolute atomic E-state index is 0.00465. The largest absolute Gasteiger partial charge is 0.453 e. The average molecular weight is 486 g/mol. The van der Waals surface area contributed by atoms with Gasteiger partial charge in [-0.3, -0.25) is 5.32 Å². The van der Waals surface area contributed by atoms with Crippen LogP contribution < -0.4 is 16.0 Å². The highest BCUT2D eigenvalue weighted by molar-refractivity contribution is 6.02. The monoisotopic (exact) mass is 486 g/mol. The average Bonchev–Trinajstić information content (AvgIpc) is 3.23. The summed E-state index contributed by atoms with van der Waals surface area (Å²) in [4.78, 5) is 22.8. The van der Waals surface area contributed by atoms with Gasteiger partial charge in [0.25, 0.3) is 0 Å². The Hall–Kier alpha value is -3.78. The molecule has 0 bridgehead atoms. The zero-order valence-corrected chi connectivity index (χ0v) is 19.4. The number of piperidine rings is 1. The van der Waals surface area contributed by atoms with Crippen LogP contribution in [0.25, 0.3) is 22.2 Å². The number of H-pyrrole nitrogens is 1. The summed E-state index contributed by atoms with van der Waals surface area (Å²) in [5, 5.41) is 9.48. The maximum atomic E-state index is 13.9. The zero-order valence-electron chi connectivity index (χ0n) is 19.4. The molecule has 4 rings (SSSR count). The van der Waals surface area contributed by atoms with Crippen LogP contribution >= 0.6 is 0 Å². The predicted octanol–water partition coefficient (Wildman–Crippen LogP) is 4.75. The second-order valence-electron chi connectivity index (χ2n) is 8.97. The van der Waals surface area contributed by atoms with Crippen molar-refractivity contribution in [2.24, 2.45) is 0 Å². The Morgan fingerprint density at radius 1 is 1.34 bits per heavy atom. The van der Waals surface area contributed by atoms with Gasteiger partial charge in [-0.2, -0.15) is 13.2 Å². The van der Waals surface area contributed by atoms with E-state index in [0.29, 0.717) is 17.4 Å². The number of halogens is 3. The third kappa shape index (κ3) is 5.02. The van der Waals surface area contributed by atoms with Crippen LogP contribution in [0.4, 0.5) is 29.6 Å². The first-order valence-corrected chi connectivity index (χ1v) is 10.9. The van der Waals surface area contributed by atoms with E-state index in [1.165, 1.54) is 19.4 Å². The fourth-order valence-electron chi connectivity index (χ4n) is 4.11. The number of methoxy groups -OCH3 is 1. The zero-order chi connectivity index (χ0) is 25.4. The van der Waals surface area contributed by atoms with Crippen LogP contribution in [0.3, 0.4) is 0 Å². The van der Waals surface area contributed by atoms with E-state index in [9.17, 15) is 18.0 Å². The van der Waals surface area contributed by atoms with Crippen molar-refractivity contribution in [2.75, 3.05) is 24.3 Å². The van der Waals surface area contributed by atoms with E-state index in [4.69, 9.17) is 6.42 Å². The molecule has 184 valence electrons. The van der Waals surface area contributed by atoms with Gasteiger partial charge < -0.3 is 20.4 Å². The van der Waals surface area contributed by atoms with Gasteiger partial charge in [-0.05, 0) is 38.8 Å². The Morgan fingerprint density at radius 3 is 2.74 bits per heavy atom. The van der Waals surface area contributed by atoms with Gasteiger partial charge in [-0.1, -0.05) is 5.92 Å². The van der Waals surface area contributed by atoms with Gasteiger partial charge in [-0.15, -0.1) is 6.42 Å². The van der Waals surface area contributed by atoms with Crippen LogP contribution in [0, 0.1) is 12.3 Å². The molecule has 35 heavy (non-hydrogen) atoms. The summed E-state index contributed by atoms with van der Waals surface area (Å²) in [6.07, 6.45) is 4.18. The lowest BCUT2D eigenvalue weighted by atomic mass is 9.91. The molecule has 4 N–H and O–H groups in total. The van der Waals surface area contributed by atoms with Crippen molar-refractivity contribution in [1.82, 2.24) is 20.3 Å². The van der Waals surface area contributed by atoms with Gasteiger partial charge in [0.2, 0.25) is 5.95 Å². The Balaban J connectivity index is 1.76. The molecule has 1 atom stereocenters. The van der Waals surface area contributed by atoms with Gasteiger partial charge in [0, 0.05) is 41.5 Å². The number of hydrogen-bond acceptors (Lipinski definition) is 6. The standard InChI is InChI=1S/C24H25F3N6O2/c1-5-14-18(32-22(34)35-4)7-6-15-16(11-28-19(14)15)20-17(24(25,26)27)12-29-21(33-20)31-13-8-9-23(2,3)30-10-13/h1,6-7,11-13,28,30H,8-10H2,2-4H3,(H,32,34)(H,29,31,33)/t13-/m0/s1. The highest BCUT2D eigenvalue weighted by atomic mass is 19.4. The van der Waals surface area contributed by atoms with Crippen molar-refractivity contribution in [2.45, 2.75) is 44.4 Å². The molecule has 1 aromatic carbocycles. The molecule has 2 aromatic heterocycles. The van der Waals surface area contributed by atoms with Gasteiger partial charge in [0.15, 0.2) is 0 Å². The summed E-state index contributed by atoms with van der Waals surface area (Å²) in [7, 11) is 1.21. The van der Waals surface area contributed by atoms with Crippen molar-refractivity contribution in [3.8, 4) is 23.6 Å². The molecule has 0 saturated carbocycles. The van der Waals surface area contributed by atoms with Crippen molar-refractivity contribution in [1.29, 1.82) is 0 Å². The van der Waals surface area contributed by atoms with Gasteiger partial charge in [-0.25, -0.2) is 14.8 Å². The molecule has 0 spiro atoms. The number of carbonyl (C=O) groups is 1. The summed E-state index contributed by atoms with van der Waals surface area (Å²) in [5.41, 5.74) is -0.0823. The van der Waals surface area contributed by atoms with E-state index in [0.717, 1.165) is 19.0 Å². The smallest absolute Gasteiger partial charge is 0.419 e. The number of carbonyl (C=O) groups excluding carboxylic acids is 1. The summed E-state index contributed by atoms with van der Waals surface area (Å²) < 4.78 is 46.3. The Labute approximate surface area is 200 Å². The molecule has 0 unspecified atom stereocenters. The molecule has 11 heteroatoms. The van der Waals surface area contributed by atoms with E-state index in [1.807, 2.05) is 0 Å². The number of hydrogen-bond donors (Lipinski definition) is 4. The van der Waals surface area contributed by atoms with Crippen molar-refractivity contribution >= 4 is 28.6 Å². The fourth-order valence-corrected chi connectivity index (χ4v) is 4.11. The van der Waals surface area contributed by atoms with E-state index in [-0.39, 0.29) is 40.0 Å². The lowest BCUT2D eigenvalue weighted by Gasteiger charge is -2.36. The lowest BCUT2D eigenvalue weighted by molar-refractivity contribution is -0.137. The molecule has 1 amide bonds. The number of fused-ring (bicyclic) bond motifs is 1. The van der Waals surface area contributed by atoms with Crippen molar-refractivity contribution in [3.05, 3.63) is 35.7 Å². The van der Waals surface area contributed by atoms with Crippen molar-refractivity contribution in [3.63, 3.8) is 0 Å². The molecule has 0 aliphatic carbocycles. The number of rotatable bonds is 4. The number of amides is 1. The second kappa shape index (κ2) is 9.11. The lowest BCUT2D eigenvalue weighted by Crippen LogP contribution is -2.50. The maximum absolute atomic E-state index is 13.9. The first kappa shape index (κ1) is 24.3. The Kier molecular flexibility index (Phi) is 6.34. The van der Waals surface area contributed by atoms with Crippen LogP contribution in [0.2, 0.25) is 0 Å². The number of alkyl halides is 3. The first-order chi connectivity index (χ1) is 16.5. The van der Waals surface area contributed by atoms with Crippen LogP contribution in [0.5, 0.6) is 0 Å². The number of anilines is 2. The van der Waals surface area contributed by atoms with E-state index >= 15 is 0 Å². The molecule has 1 fully saturated rings. The third-order valence-corrected chi connectivity index (χ3v) is 6.05. The normalized spacial score (nSPS) is 17.6. The summed E-state index contributed by atoms with van der Waals surface area (Å²) in [6.45, 7) is 4.84. The molecule has 0 radical (unpaired) electrons. The number of aromatic nitrogens is 3. The van der Waals surface area contributed by atoms with E-state index < -0.39 is 17.8 Å². The first-order valence-electron chi connectivity index (χ1n) is 10.9. The van der Waals surface area contributed by atoms with Crippen LogP contribution in [0.15, 0.2) is 24.5 Å². The molecule has 1 aliphatic heterocycles. The molecule has 3 heterocycles. The number of aromatic amines is 1. The molecule has 8 nitrogen and oxygen atoms in total. The van der Waals surface area contributed by atoms with Gasteiger partial charge in [0.1, 0.15) is 5.56 Å². The maximum Gasteiger partial charge on any atom is 0.419 e. The number of ether oxygens (including phenoxy) is 1. The Bertz CT molecular complexity index is 1300. The minimum Gasteiger partial charge on any atom is -0.453 e. The predicted molar refractivity (Wildman–Crippen MR) is 127 cm³/mol. The highest BCUT2D eigenvalue weighted by Gasteiger charge is 2.36. The quantitative estimate of drug-likeness (QED) is 0.397. The summed E-state index contributed by atoms with van der Waals surface area (Å²) in [5.74, 6) is 2.58. The molecular formula is C24H25F3N6O2. The minimum atomic E-state index is -4.67. The van der Waals surface area contributed by atoms with Gasteiger partial charge >= 0.3 is 12.3 Å². The van der Waals surface area contributed by atoms with Crippen LogP contribution in [-0.2, 0) is 10.9 Å². The molecular weight excluding hydrogens is 461 g/mol. The van der Waals surface area contributed by atoms with Gasteiger partial charge in [0.05, 0.1) is 29.6 Å². The fraction of sp³-hybridized carbons (Fsp3) is 0.375. The molecule has 1 saturated heterocycles. The second-order valence-corrected chi connectivity index (χ2v) is 8.97. The molecule has 3 aromatic rings. The highest BCUT2D eigenvalue weighted by Crippen LogP contribution is 2.40. The Morgan fingerprint density at radius 2 is 2.11 bits per heavy atom. The van der Waals surface area contributed by atoms with Crippen LogP contribution in [-0.4, -0.2) is 46.3 Å². The van der Waals surface area contributed by atoms with Crippen LogP contribution in [0.1, 0.15) is 37.8 Å². The summed E-state index contributed by atoms with van der Waals surface area (Å²) in [6, 6.07) is 3.06. The molecule has 1 aliphatic rings. The van der Waals surface area contributed by atoms with E-state index in [2.05, 4.69) is 55.4 Å². The topological polar surface area (TPSA) is 104 Å². The number of terminal acetylenes is 1. The summed E-state index contributed by atoms with van der Waals surface area (Å²) >= 11 is 0. The van der Waals surface area contributed by atoms with Crippen molar-refractivity contribution < 1.29 is 22.7 Å². The number of nitrogens with one attached hydrogen (secondary N) is 4. The SMILES string of the molecule is C#Cc1c(NC(=O)OC)ccc2c(-c3nc(N[C@H]4CCC(C)(C)NC4)ncc3C(F)(F)F)c[nH]c12. The number of benzene rings is 1. The number of nitrogens with zero attached hydrogens (tertiary/aromatic N) is 2. The van der Waals surface area contributed by atoms with E-state index in [1.54, 1.807) is 6.07 Å². The third-order valence-electron chi connectivity index (χ3n) is 6.05.